The van der Waals surface area contributed by atoms with E-state index in [1.165, 1.54) is 4.90 Å². The van der Waals surface area contributed by atoms with E-state index in [4.69, 9.17) is 0 Å². The summed E-state index contributed by atoms with van der Waals surface area (Å²) in [5.74, 6) is -0.169. The number of amides is 2. The first-order valence-electron chi connectivity index (χ1n) is 6.28. The molecule has 0 aromatic heterocycles. The van der Waals surface area contributed by atoms with Crippen LogP contribution in [0.5, 0.6) is 0 Å². The molecule has 0 spiro atoms. The predicted molar refractivity (Wildman–Crippen MR) is 83.6 cm³/mol. The molecule has 0 aliphatic carbocycles. The van der Waals surface area contributed by atoms with Crippen molar-refractivity contribution in [3.8, 4) is 0 Å². The average molecular weight is 342 g/mol. The highest BCUT2D eigenvalue weighted by molar-refractivity contribution is 9.10. The minimum atomic E-state index is -0.387. The van der Waals surface area contributed by atoms with Crippen LogP contribution in [0.15, 0.2) is 28.7 Å². The number of likely N-dealkylation sites (N-methyl/N-ethyl adjacent to an activating group) is 2. The largest absolute Gasteiger partial charge is 0.348 e. The smallest absolute Gasteiger partial charge is 0.241 e. The number of nitrogens with zero attached hydrogens (tertiary/aromatic N) is 2. The summed E-state index contributed by atoms with van der Waals surface area (Å²) in [5.41, 5.74) is 0.734. The number of hydrogen-bond donors (Lipinski definition) is 1. The molecule has 1 atom stereocenters. The molecule has 2 amide bonds. The fourth-order valence-corrected chi connectivity index (χ4v) is 1.74. The van der Waals surface area contributed by atoms with Gasteiger partial charge in [0, 0.05) is 24.3 Å². The van der Waals surface area contributed by atoms with Gasteiger partial charge >= 0.3 is 0 Å². The summed E-state index contributed by atoms with van der Waals surface area (Å²) in [6.07, 6.45) is 0. The van der Waals surface area contributed by atoms with Gasteiger partial charge in [-0.3, -0.25) is 14.5 Å². The Labute approximate surface area is 128 Å². The topological polar surface area (TPSA) is 52.7 Å². The number of nitrogens with one attached hydrogen (secondary N) is 1. The van der Waals surface area contributed by atoms with E-state index in [2.05, 4.69) is 21.2 Å². The number of rotatable bonds is 5. The van der Waals surface area contributed by atoms with E-state index in [1.54, 1.807) is 33.0 Å². The highest BCUT2D eigenvalue weighted by Gasteiger charge is 2.20. The molecule has 6 heteroatoms. The lowest BCUT2D eigenvalue weighted by Gasteiger charge is -2.24. The zero-order valence-electron chi connectivity index (χ0n) is 12.2. The minimum absolute atomic E-state index is 0.0317. The summed E-state index contributed by atoms with van der Waals surface area (Å²) >= 11 is 3.34. The normalized spacial score (nSPS) is 12.1. The first-order valence-corrected chi connectivity index (χ1v) is 7.07. The van der Waals surface area contributed by atoms with E-state index in [0.717, 1.165) is 10.2 Å². The second kappa shape index (κ2) is 7.40. The predicted octanol–water partition coefficient (Wildman–Crippen LogP) is 1.80. The van der Waals surface area contributed by atoms with Crippen LogP contribution in [-0.2, 0) is 9.59 Å². The number of anilines is 1. The van der Waals surface area contributed by atoms with Crippen LogP contribution in [0.25, 0.3) is 0 Å². The highest BCUT2D eigenvalue weighted by atomic mass is 79.9. The van der Waals surface area contributed by atoms with E-state index in [-0.39, 0.29) is 24.4 Å². The Morgan fingerprint density at radius 2 is 1.75 bits per heavy atom. The van der Waals surface area contributed by atoms with Crippen LogP contribution < -0.4 is 5.32 Å². The number of benzene rings is 1. The van der Waals surface area contributed by atoms with Crippen LogP contribution in [0, 0.1) is 0 Å². The van der Waals surface area contributed by atoms with Crippen molar-refractivity contribution in [2.24, 2.45) is 0 Å². The van der Waals surface area contributed by atoms with Crippen LogP contribution in [0.4, 0.5) is 5.69 Å². The molecule has 1 aromatic carbocycles. The Balaban J connectivity index is 2.58. The molecular weight excluding hydrogens is 322 g/mol. The molecule has 0 heterocycles. The summed E-state index contributed by atoms with van der Waals surface area (Å²) in [6.45, 7) is 1.99. The van der Waals surface area contributed by atoms with Crippen LogP contribution >= 0.6 is 15.9 Å². The first-order chi connectivity index (χ1) is 9.31. The summed E-state index contributed by atoms with van der Waals surface area (Å²) < 4.78 is 0.956. The zero-order chi connectivity index (χ0) is 15.3. The van der Waals surface area contributed by atoms with Crippen molar-refractivity contribution in [1.29, 1.82) is 0 Å². The quantitative estimate of drug-likeness (QED) is 0.888. The van der Waals surface area contributed by atoms with E-state index in [1.807, 2.05) is 24.3 Å². The van der Waals surface area contributed by atoms with Gasteiger partial charge in [0.15, 0.2) is 0 Å². The van der Waals surface area contributed by atoms with Crippen molar-refractivity contribution >= 4 is 33.4 Å². The van der Waals surface area contributed by atoms with Crippen LogP contribution in [-0.4, -0.2) is 55.3 Å². The second-order valence-electron chi connectivity index (χ2n) is 4.88. The fraction of sp³-hybridized carbons (Fsp3) is 0.429. The summed E-state index contributed by atoms with van der Waals surface area (Å²) in [7, 11) is 5.15. The number of carbonyl (C=O) groups excluding carboxylic acids is 2. The highest BCUT2D eigenvalue weighted by Crippen LogP contribution is 2.14. The van der Waals surface area contributed by atoms with Crippen molar-refractivity contribution in [1.82, 2.24) is 9.80 Å². The lowest BCUT2D eigenvalue weighted by Crippen LogP contribution is -2.44. The van der Waals surface area contributed by atoms with E-state index < -0.39 is 0 Å². The number of carbonyl (C=O) groups is 2. The van der Waals surface area contributed by atoms with Gasteiger partial charge in [0.25, 0.3) is 0 Å². The maximum absolute atomic E-state index is 12.1. The van der Waals surface area contributed by atoms with Gasteiger partial charge in [0.1, 0.15) is 0 Å². The Bertz CT molecular complexity index is 474. The fourth-order valence-electron chi connectivity index (χ4n) is 1.47. The van der Waals surface area contributed by atoms with E-state index in [0.29, 0.717) is 0 Å². The third-order valence-electron chi connectivity index (χ3n) is 3.04. The summed E-state index contributed by atoms with van der Waals surface area (Å²) in [5, 5.41) is 2.83. The van der Waals surface area contributed by atoms with Gasteiger partial charge < -0.3 is 10.2 Å². The van der Waals surface area contributed by atoms with E-state index in [9.17, 15) is 9.59 Å². The van der Waals surface area contributed by atoms with Gasteiger partial charge in [-0.25, -0.2) is 0 Å². The van der Waals surface area contributed by atoms with Crippen molar-refractivity contribution in [2.75, 3.05) is 33.0 Å². The van der Waals surface area contributed by atoms with Gasteiger partial charge in [-0.15, -0.1) is 0 Å². The van der Waals surface area contributed by atoms with Crippen molar-refractivity contribution < 1.29 is 9.59 Å². The average Bonchev–Trinajstić information content (AvgIpc) is 2.40. The van der Waals surface area contributed by atoms with Crippen molar-refractivity contribution in [2.45, 2.75) is 13.0 Å². The molecule has 5 nitrogen and oxygen atoms in total. The lowest BCUT2D eigenvalue weighted by molar-refractivity contribution is -0.131. The second-order valence-corrected chi connectivity index (χ2v) is 5.79. The van der Waals surface area contributed by atoms with Gasteiger partial charge in [0.2, 0.25) is 11.8 Å². The molecule has 0 radical (unpaired) electrons. The van der Waals surface area contributed by atoms with Crippen molar-refractivity contribution in [3.05, 3.63) is 28.7 Å². The Morgan fingerprint density at radius 1 is 1.20 bits per heavy atom. The van der Waals surface area contributed by atoms with Crippen LogP contribution in [0.3, 0.4) is 0 Å². The third kappa shape index (κ3) is 4.94. The standard InChI is InChI=1S/C14H20BrN3O2/c1-10(18(4)9-13(19)17(2)3)14(20)16-12-7-5-11(15)6-8-12/h5-8,10H,9H2,1-4H3,(H,16,20)/t10-/m1/s1. The first kappa shape index (κ1) is 16.7. The molecule has 0 saturated carbocycles. The Hall–Kier alpha value is -1.40. The van der Waals surface area contributed by atoms with Crippen molar-refractivity contribution in [3.63, 3.8) is 0 Å². The number of hydrogen-bond acceptors (Lipinski definition) is 3. The molecule has 0 fully saturated rings. The van der Waals surface area contributed by atoms with Gasteiger partial charge in [0.05, 0.1) is 12.6 Å². The molecule has 0 unspecified atom stereocenters. The Kier molecular flexibility index (Phi) is 6.16. The van der Waals surface area contributed by atoms with Gasteiger partial charge in [-0.1, -0.05) is 15.9 Å². The minimum Gasteiger partial charge on any atom is -0.348 e. The maximum Gasteiger partial charge on any atom is 0.241 e. The molecule has 0 aliphatic rings. The third-order valence-corrected chi connectivity index (χ3v) is 3.56. The molecule has 0 bridgehead atoms. The summed E-state index contributed by atoms with van der Waals surface area (Å²) in [4.78, 5) is 27.0. The molecule has 1 aromatic rings. The van der Waals surface area contributed by atoms with Crippen LogP contribution in [0.2, 0.25) is 0 Å². The molecule has 1 N–H and O–H groups in total. The SMILES string of the molecule is C[C@H](C(=O)Nc1ccc(Br)cc1)N(C)CC(=O)N(C)C. The number of halogens is 1. The summed E-state index contributed by atoms with van der Waals surface area (Å²) in [6, 6.07) is 6.97. The van der Waals surface area contributed by atoms with Crippen LogP contribution in [0.1, 0.15) is 6.92 Å². The van der Waals surface area contributed by atoms with Gasteiger partial charge in [-0.2, -0.15) is 0 Å². The zero-order valence-corrected chi connectivity index (χ0v) is 13.8. The molecular formula is C14H20BrN3O2. The molecule has 0 aliphatic heterocycles. The van der Waals surface area contributed by atoms with E-state index >= 15 is 0 Å². The lowest BCUT2D eigenvalue weighted by atomic mass is 10.2. The molecule has 1 rings (SSSR count). The molecule has 0 saturated heterocycles. The molecule has 110 valence electrons. The van der Waals surface area contributed by atoms with Gasteiger partial charge in [-0.05, 0) is 38.2 Å². The maximum atomic E-state index is 12.1. The molecule has 20 heavy (non-hydrogen) atoms. The Morgan fingerprint density at radius 3 is 2.25 bits per heavy atom. The monoisotopic (exact) mass is 341 g/mol.